The molecule has 0 saturated carbocycles. The second-order valence-corrected chi connectivity index (χ2v) is 7.78. The molecule has 1 fully saturated rings. The van der Waals surface area contributed by atoms with E-state index in [1.54, 1.807) is 5.51 Å². The molecule has 7 nitrogen and oxygen atoms in total. The topological polar surface area (TPSA) is 67.2 Å². The minimum absolute atomic E-state index is 0.0926. The molecule has 2 aromatic heterocycles. The number of fused-ring (bicyclic) bond motifs is 1. The van der Waals surface area contributed by atoms with Gasteiger partial charge in [-0.3, -0.25) is 9.69 Å². The number of aryl methyl sites for hydroxylation is 1. The number of carbonyl (C=O) groups excluding carboxylic acids is 1. The van der Waals surface area contributed by atoms with Gasteiger partial charge in [-0.05, 0) is 33.4 Å². The lowest BCUT2D eigenvalue weighted by molar-refractivity contribution is 0.0762. The third-order valence-corrected chi connectivity index (χ3v) is 6.27. The summed E-state index contributed by atoms with van der Waals surface area (Å²) in [7, 11) is 2.17. The predicted molar refractivity (Wildman–Crippen MR) is 95.7 cm³/mol. The van der Waals surface area contributed by atoms with Crippen molar-refractivity contribution in [3.05, 3.63) is 27.7 Å². The summed E-state index contributed by atoms with van der Waals surface area (Å²) in [6.07, 6.45) is 4.39. The maximum atomic E-state index is 12.8. The zero-order chi connectivity index (χ0) is 17.4. The van der Waals surface area contributed by atoms with Crippen LogP contribution in [-0.2, 0) is 13.0 Å². The van der Waals surface area contributed by atoms with Crippen LogP contribution < -0.4 is 0 Å². The molecule has 25 heavy (non-hydrogen) atoms. The van der Waals surface area contributed by atoms with Gasteiger partial charge in [-0.25, -0.2) is 4.98 Å². The van der Waals surface area contributed by atoms with Gasteiger partial charge in [0, 0.05) is 26.1 Å². The Morgan fingerprint density at radius 3 is 2.84 bits per heavy atom. The minimum Gasteiger partial charge on any atom is -0.336 e. The molecule has 2 aromatic rings. The summed E-state index contributed by atoms with van der Waals surface area (Å²) in [6, 6.07) is 0.348. The number of thiazole rings is 1. The van der Waals surface area contributed by atoms with Gasteiger partial charge in [0.25, 0.3) is 5.91 Å². The monoisotopic (exact) mass is 360 g/mol. The number of carbonyl (C=O) groups is 1. The van der Waals surface area contributed by atoms with Crippen LogP contribution in [0.5, 0.6) is 0 Å². The van der Waals surface area contributed by atoms with E-state index in [4.69, 9.17) is 0 Å². The van der Waals surface area contributed by atoms with Crippen molar-refractivity contribution in [1.29, 1.82) is 0 Å². The first kappa shape index (κ1) is 16.7. The van der Waals surface area contributed by atoms with Crippen molar-refractivity contribution in [3.63, 3.8) is 0 Å². The second-order valence-electron chi connectivity index (χ2n) is 6.93. The van der Waals surface area contributed by atoms with E-state index in [0.717, 1.165) is 48.2 Å². The highest BCUT2D eigenvalue weighted by molar-refractivity contribution is 7.11. The van der Waals surface area contributed by atoms with Crippen molar-refractivity contribution in [1.82, 2.24) is 29.5 Å². The van der Waals surface area contributed by atoms with E-state index in [9.17, 15) is 4.79 Å². The smallest absolute Gasteiger partial charge is 0.265 e. The van der Waals surface area contributed by atoms with Crippen LogP contribution in [0.4, 0.5) is 0 Å². The van der Waals surface area contributed by atoms with Crippen LogP contribution in [0.3, 0.4) is 0 Å². The zero-order valence-corrected chi connectivity index (χ0v) is 15.6. The zero-order valence-electron chi connectivity index (χ0n) is 14.8. The summed E-state index contributed by atoms with van der Waals surface area (Å²) in [6.45, 7) is 5.17. The Labute approximate surface area is 151 Å². The normalized spacial score (nSPS) is 21.8. The largest absolute Gasteiger partial charge is 0.336 e. The molecule has 0 unspecified atom stereocenters. The Bertz CT molecular complexity index is 769. The number of rotatable bonds is 2. The van der Waals surface area contributed by atoms with Crippen molar-refractivity contribution >= 4 is 17.2 Å². The van der Waals surface area contributed by atoms with Crippen LogP contribution in [0.25, 0.3) is 0 Å². The summed E-state index contributed by atoms with van der Waals surface area (Å²) in [5, 5.41) is 8.95. The van der Waals surface area contributed by atoms with Crippen molar-refractivity contribution in [2.24, 2.45) is 0 Å². The molecule has 0 aromatic carbocycles. The molecule has 4 heterocycles. The van der Waals surface area contributed by atoms with Crippen molar-refractivity contribution in [2.75, 3.05) is 26.7 Å². The fourth-order valence-corrected chi connectivity index (χ4v) is 4.62. The van der Waals surface area contributed by atoms with Crippen LogP contribution >= 0.6 is 11.3 Å². The maximum Gasteiger partial charge on any atom is 0.265 e. The van der Waals surface area contributed by atoms with Crippen LogP contribution in [0.15, 0.2) is 5.51 Å². The number of amides is 1. The number of aromatic nitrogens is 4. The average molecular weight is 360 g/mol. The van der Waals surface area contributed by atoms with Crippen molar-refractivity contribution < 1.29 is 4.79 Å². The predicted octanol–water partition coefficient (Wildman–Crippen LogP) is 1.90. The number of nitrogens with zero attached hydrogens (tertiary/aromatic N) is 6. The molecule has 0 bridgehead atoms. The molecule has 0 N–H and O–H groups in total. The molecule has 0 radical (unpaired) electrons. The fraction of sp³-hybridized carbons (Fsp3) is 0.647. The van der Waals surface area contributed by atoms with Gasteiger partial charge >= 0.3 is 0 Å². The molecule has 2 aliphatic heterocycles. The van der Waals surface area contributed by atoms with Gasteiger partial charge in [-0.2, -0.15) is 0 Å². The van der Waals surface area contributed by atoms with Crippen LogP contribution in [0, 0.1) is 6.92 Å². The highest BCUT2D eigenvalue weighted by Crippen LogP contribution is 2.29. The number of hydrogen-bond donors (Lipinski definition) is 0. The fourth-order valence-electron chi connectivity index (χ4n) is 3.85. The molecular formula is C17H24N6OS. The van der Waals surface area contributed by atoms with E-state index >= 15 is 0 Å². The summed E-state index contributed by atoms with van der Waals surface area (Å²) < 4.78 is 2.25. The molecule has 0 aliphatic carbocycles. The lowest BCUT2D eigenvalue weighted by Gasteiger charge is -2.31. The summed E-state index contributed by atoms with van der Waals surface area (Å²) in [4.78, 5) is 22.1. The first-order valence-corrected chi connectivity index (χ1v) is 9.84. The van der Waals surface area contributed by atoms with Gasteiger partial charge in [0.2, 0.25) is 0 Å². The molecular weight excluding hydrogens is 336 g/mol. The highest BCUT2D eigenvalue weighted by atomic mass is 32.1. The molecule has 1 atom stereocenters. The Morgan fingerprint density at radius 1 is 1.20 bits per heavy atom. The Morgan fingerprint density at radius 2 is 2.08 bits per heavy atom. The SMILES string of the molecule is Cc1ncsc1C(=O)N1CCc2nnc([C@@H]3CCCCN3C)n2CC1. The molecule has 0 spiro atoms. The van der Waals surface area contributed by atoms with E-state index in [2.05, 4.69) is 31.7 Å². The lowest BCUT2D eigenvalue weighted by Crippen LogP contribution is -2.34. The summed E-state index contributed by atoms with van der Waals surface area (Å²) in [5.41, 5.74) is 2.56. The van der Waals surface area contributed by atoms with Gasteiger partial charge in [-0.1, -0.05) is 6.42 Å². The first-order chi connectivity index (χ1) is 12.1. The van der Waals surface area contributed by atoms with Gasteiger partial charge in [-0.15, -0.1) is 21.5 Å². The summed E-state index contributed by atoms with van der Waals surface area (Å²) in [5.74, 6) is 2.17. The van der Waals surface area contributed by atoms with E-state index < -0.39 is 0 Å². The Balaban J connectivity index is 1.53. The molecule has 1 saturated heterocycles. The van der Waals surface area contributed by atoms with Gasteiger partial charge in [0.05, 0.1) is 17.2 Å². The van der Waals surface area contributed by atoms with Crippen LogP contribution in [0.2, 0.25) is 0 Å². The van der Waals surface area contributed by atoms with Gasteiger partial charge in [0.1, 0.15) is 16.5 Å². The van der Waals surface area contributed by atoms with E-state index in [1.807, 2.05) is 11.8 Å². The van der Waals surface area contributed by atoms with Crippen LogP contribution in [-0.4, -0.2) is 62.1 Å². The lowest BCUT2D eigenvalue weighted by atomic mass is 10.0. The van der Waals surface area contributed by atoms with Crippen molar-refractivity contribution in [3.8, 4) is 0 Å². The van der Waals surface area contributed by atoms with Crippen LogP contribution in [0.1, 0.15) is 52.3 Å². The third-order valence-electron chi connectivity index (χ3n) is 5.35. The molecule has 2 aliphatic rings. The Kier molecular flexibility index (Phi) is 4.56. The van der Waals surface area contributed by atoms with Gasteiger partial charge in [0.15, 0.2) is 0 Å². The second kappa shape index (κ2) is 6.84. The standard InChI is InChI=1S/C17H24N6OS/c1-12-15(25-11-18-12)17(24)22-8-6-14-19-20-16(23(14)10-9-22)13-5-3-4-7-21(13)2/h11,13H,3-10H2,1-2H3/t13-/m0/s1. The highest BCUT2D eigenvalue weighted by Gasteiger charge is 2.29. The first-order valence-electron chi connectivity index (χ1n) is 8.96. The Hall–Kier alpha value is -1.80. The maximum absolute atomic E-state index is 12.8. The molecule has 1 amide bonds. The number of likely N-dealkylation sites (tertiary alicyclic amines) is 1. The number of hydrogen-bond acceptors (Lipinski definition) is 6. The van der Waals surface area contributed by atoms with Crippen molar-refractivity contribution in [2.45, 2.75) is 45.2 Å². The minimum atomic E-state index is 0.0926. The molecule has 4 rings (SSSR count). The number of piperidine rings is 1. The van der Waals surface area contributed by atoms with E-state index in [1.165, 1.54) is 24.2 Å². The van der Waals surface area contributed by atoms with E-state index in [-0.39, 0.29) is 5.91 Å². The van der Waals surface area contributed by atoms with E-state index in [0.29, 0.717) is 19.1 Å². The quantitative estimate of drug-likeness (QED) is 0.818. The molecule has 8 heteroatoms. The third kappa shape index (κ3) is 3.08. The van der Waals surface area contributed by atoms with Gasteiger partial charge < -0.3 is 9.47 Å². The summed E-state index contributed by atoms with van der Waals surface area (Å²) >= 11 is 1.43. The average Bonchev–Trinajstić information content (AvgIpc) is 3.15. The molecule has 134 valence electrons.